The van der Waals surface area contributed by atoms with Gasteiger partial charge in [0.1, 0.15) is 11.8 Å². The van der Waals surface area contributed by atoms with Crippen LogP contribution in [0.4, 0.5) is 0 Å². The summed E-state index contributed by atoms with van der Waals surface area (Å²) >= 11 is 0. The van der Waals surface area contributed by atoms with E-state index in [0.717, 1.165) is 0 Å². The molecule has 0 saturated carbocycles. The van der Waals surface area contributed by atoms with Gasteiger partial charge in [-0.1, -0.05) is 18.2 Å². The van der Waals surface area contributed by atoms with Crippen LogP contribution in [0.2, 0.25) is 0 Å². The molecule has 1 amide bonds. The number of phenols is 1. The van der Waals surface area contributed by atoms with Crippen molar-refractivity contribution in [3.63, 3.8) is 0 Å². The van der Waals surface area contributed by atoms with Gasteiger partial charge in [0.05, 0.1) is 12.5 Å². The number of nitrogens with one attached hydrogen (secondary N) is 1. The van der Waals surface area contributed by atoms with E-state index in [1.54, 1.807) is 18.2 Å². The van der Waals surface area contributed by atoms with Gasteiger partial charge in [0.2, 0.25) is 5.91 Å². The third kappa shape index (κ3) is 3.48. The van der Waals surface area contributed by atoms with E-state index in [-0.39, 0.29) is 24.0 Å². The highest BCUT2D eigenvalue weighted by atomic mass is 16.5. The summed E-state index contributed by atoms with van der Waals surface area (Å²) in [5.41, 5.74) is 0.489. The number of carbonyl (C=O) groups is 2. The predicted molar refractivity (Wildman–Crippen MR) is 70.3 cm³/mol. The third-order valence-electron chi connectivity index (χ3n) is 3.33. The van der Waals surface area contributed by atoms with E-state index in [0.29, 0.717) is 25.2 Å². The highest BCUT2D eigenvalue weighted by Gasteiger charge is 2.28. The van der Waals surface area contributed by atoms with Gasteiger partial charge in [-0.25, -0.2) is 4.79 Å². The standard InChI is InChI=1S/C14H17NO5/c16-12-4-2-1-3-9(12)7-11(14(18)19)15-13(17)10-5-6-20-8-10/h1-4,10-11,16H,5-8H2,(H,15,17)(H,18,19). The molecule has 2 atom stereocenters. The minimum absolute atomic E-state index is 0.0252. The van der Waals surface area contributed by atoms with Gasteiger partial charge in [-0.2, -0.15) is 0 Å². The maximum absolute atomic E-state index is 11.9. The Balaban J connectivity index is 2.02. The second-order valence-corrected chi connectivity index (χ2v) is 4.79. The Morgan fingerprint density at radius 2 is 2.15 bits per heavy atom. The summed E-state index contributed by atoms with van der Waals surface area (Å²) in [6.45, 7) is 0.851. The van der Waals surface area contributed by atoms with Gasteiger partial charge in [-0.05, 0) is 18.1 Å². The lowest BCUT2D eigenvalue weighted by molar-refractivity contribution is -0.142. The second kappa shape index (κ2) is 6.38. The number of carboxylic acids is 1. The van der Waals surface area contributed by atoms with Crippen LogP contribution in [-0.2, 0) is 20.7 Å². The summed E-state index contributed by atoms with van der Waals surface area (Å²) in [5.74, 6) is -1.70. The molecule has 0 bridgehead atoms. The van der Waals surface area contributed by atoms with E-state index >= 15 is 0 Å². The van der Waals surface area contributed by atoms with E-state index in [1.165, 1.54) is 6.07 Å². The summed E-state index contributed by atoms with van der Waals surface area (Å²) in [5, 5.41) is 21.4. The van der Waals surface area contributed by atoms with Crippen molar-refractivity contribution in [2.75, 3.05) is 13.2 Å². The van der Waals surface area contributed by atoms with Crippen molar-refractivity contribution in [2.24, 2.45) is 5.92 Å². The average Bonchev–Trinajstić information content (AvgIpc) is 2.94. The predicted octanol–water partition coefficient (Wildman–Crippen LogP) is 0.541. The van der Waals surface area contributed by atoms with E-state index in [1.807, 2.05) is 0 Å². The maximum Gasteiger partial charge on any atom is 0.326 e. The van der Waals surface area contributed by atoms with E-state index in [4.69, 9.17) is 4.74 Å². The van der Waals surface area contributed by atoms with E-state index in [2.05, 4.69) is 5.32 Å². The van der Waals surface area contributed by atoms with Crippen LogP contribution in [0, 0.1) is 5.92 Å². The number of hydrogen-bond donors (Lipinski definition) is 3. The number of para-hydroxylation sites is 1. The first-order chi connectivity index (χ1) is 9.58. The number of phenolic OH excluding ortho intramolecular Hbond substituents is 1. The zero-order valence-corrected chi connectivity index (χ0v) is 10.9. The molecule has 2 rings (SSSR count). The minimum Gasteiger partial charge on any atom is -0.508 e. The molecule has 2 unspecified atom stereocenters. The number of hydrogen-bond acceptors (Lipinski definition) is 4. The van der Waals surface area contributed by atoms with Crippen molar-refractivity contribution in [2.45, 2.75) is 18.9 Å². The Hall–Kier alpha value is -2.08. The van der Waals surface area contributed by atoms with Gasteiger partial charge in [0.25, 0.3) is 0 Å². The molecule has 108 valence electrons. The molecule has 6 heteroatoms. The summed E-state index contributed by atoms with van der Waals surface area (Å²) in [4.78, 5) is 23.2. The van der Waals surface area contributed by atoms with Crippen molar-refractivity contribution < 1.29 is 24.5 Å². The molecule has 1 aliphatic rings. The fourth-order valence-electron chi connectivity index (χ4n) is 2.13. The first-order valence-electron chi connectivity index (χ1n) is 6.45. The minimum atomic E-state index is -1.12. The van der Waals surface area contributed by atoms with Gasteiger partial charge >= 0.3 is 5.97 Å². The number of carbonyl (C=O) groups excluding carboxylic acids is 1. The normalized spacial score (nSPS) is 19.5. The van der Waals surface area contributed by atoms with Crippen LogP contribution in [0.3, 0.4) is 0 Å². The Kier molecular flexibility index (Phi) is 4.57. The van der Waals surface area contributed by atoms with Crippen LogP contribution in [0.15, 0.2) is 24.3 Å². The lowest BCUT2D eigenvalue weighted by atomic mass is 10.0. The molecule has 0 spiro atoms. The van der Waals surface area contributed by atoms with Gasteiger partial charge in [-0.15, -0.1) is 0 Å². The van der Waals surface area contributed by atoms with Crippen LogP contribution in [-0.4, -0.2) is 41.3 Å². The Morgan fingerprint density at radius 3 is 2.75 bits per heavy atom. The number of rotatable bonds is 5. The molecule has 6 nitrogen and oxygen atoms in total. The number of aromatic hydroxyl groups is 1. The zero-order valence-electron chi connectivity index (χ0n) is 10.9. The highest BCUT2D eigenvalue weighted by Crippen LogP contribution is 2.18. The smallest absolute Gasteiger partial charge is 0.326 e. The van der Waals surface area contributed by atoms with Crippen molar-refractivity contribution in [3.8, 4) is 5.75 Å². The monoisotopic (exact) mass is 279 g/mol. The Labute approximate surface area is 116 Å². The van der Waals surface area contributed by atoms with E-state index in [9.17, 15) is 19.8 Å². The molecule has 1 saturated heterocycles. The molecule has 20 heavy (non-hydrogen) atoms. The first kappa shape index (κ1) is 14.3. The highest BCUT2D eigenvalue weighted by molar-refractivity contribution is 5.85. The van der Waals surface area contributed by atoms with Gasteiger partial charge in [0, 0.05) is 13.0 Å². The first-order valence-corrected chi connectivity index (χ1v) is 6.45. The van der Waals surface area contributed by atoms with Crippen molar-refractivity contribution in [1.82, 2.24) is 5.32 Å². The van der Waals surface area contributed by atoms with Crippen molar-refractivity contribution in [3.05, 3.63) is 29.8 Å². The summed E-state index contributed by atoms with van der Waals surface area (Å²) in [6, 6.07) is 5.43. The molecule has 0 aliphatic carbocycles. The summed E-state index contributed by atoms with van der Waals surface area (Å²) < 4.78 is 5.11. The SMILES string of the molecule is O=C(NC(Cc1ccccc1O)C(=O)O)C1CCOC1. The van der Waals surface area contributed by atoms with Gasteiger partial charge in [0.15, 0.2) is 0 Å². The molecule has 0 aromatic heterocycles. The Bertz CT molecular complexity index is 496. The second-order valence-electron chi connectivity index (χ2n) is 4.79. The number of ether oxygens (including phenoxy) is 1. The molecule has 1 aliphatic heterocycles. The van der Waals surface area contributed by atoms with Crippen LogP contribution in [0.25, 0.3) is 0 Å². The van der Waals surface area contributed by atoms with Gasteiger partial charge < -0.3 is 20.3 Å². The molecule has 0 radical (unpaired) electrons. The molecular formula is C14H17NO5. The number of aliphatic carboxylic acids is 1. The molecule has 1 aromatic carbocycles. The summed E-state index contributed by atoms with van der Waals surface area (Å²) in [7, 11) is 0. The maximum atomic E-state index is 11.9. The fourth-order valence-corrected chi connectivity index (χ4v) is 2.13. The van der Waals surface area contributed by atoms with Crippen LogP contribution in [0.1, 0.15) is 12.0 Å². The lowest BCUT2D eigenvalue weighted by Gasteiger charge is -2.17. The van der Waals surface area contributed by atoms with Crippen LogP contribution >= 0.6 is 0 Å². The molecule has 1 aromatic rings. The third-order valence-corrected chi connectivity index (χ3v) is 3.33. The van der Waals surface area contributed by atoms with Crippen LogP contribution in [0.5, 0.6) is 5.75 Å². The number of benzene rings is 1. The van der Waals surface area contributed by atoms with E-state index < -0.39 is 12.0 Å². The van der Waals surface area contributed by atoms with Gasteiger partial charge in [-0.3, -0.25) is 4.79 Å². The van der Waals surface area contributed by atoms with Crippen LogP contribution < -0.4 is 5.32 Å². The lowest BCUT2D eigenvalue weighted by Crippen LogP contribution is -2.45. The topological polar surface area (TPSA) is 95.9 Å². The Morgan fingerprint density at radius 1 is 1.40 bits per heavy atom. The molecule has 1 heterocycles. The number of carboxylic acid groups (broad SMARTS) is 1. The zero-order chi connectivity index (χ0) is 14.5. The quantitative estimate of drug-likeness (QED) is 0.731. The molecule has 1 fully saturated rings. The van der Waals surface area contributed by atoms with Crippen molar-refractivity contribution >= 4 is 11.9 Å². The average molecular weight is 279 g/mol. The molecule has 3 N–H and O–H groups in total. The number of amides is 1. The molecular weight excluding hydrogens is 262 g/mol. The van der Waals surface area contributed by atoms with Crippen molar-refractivity contribution in [1.29, 1.82) is 0 Å². The largest absolute Gasteiger partial charge is 0.508 e. The fraction of sp³-hybridized carbons (Fsp3) is 0.429. The summed E-state index contributed by atoms with van der Waals surface area (Å²) in [6.07, 6.45) is 0.649.